The van der Waals surface area contributed by atoms with Gasteiger partial charge in [-0.05, 0) is 30.2 Å². The normalized spacial score (nSPS) is 11.7. The Morgan fingerprint density at radius 2 is 1.79 bits per heavy atom. The molecular formula is C22H25N3O4. The molecule has 152 valence electrons. The van der Waals surface area contributed by atoms with Crippen LogP contribution in [0.25, 0.3) is 11.5 Å². The SMILES string of the molecule is CC[C@H](C(=O)N(C)Cc1nnc(-c2ccc(OC)c(OC)c2)o1)c1ccccc1. The molecule has 0 N–H and O–H groups in total. The number of hydrogen-bond donors (Lipinski definition) is 0. The Labute approximate surface area is 170 Å². The highest BCUT2D eigenvalue weighted by Gasteiger charge is 2.23. The Kier molecular flexibility index (Phi) is 6.49. The third-order valence-electron chi connectivity index (χ3n) is 4.75. The third kappa shape index (κ3) is 4.56. The Morgan fingerprint density at radius 1 is 1.07 bits per heavy atom. The largest absolute Gasteiger partial charge is 0.493 e. The van der Waals surface area contributed by atoms with Crippen molar-refractivity contribution in [3.8, 4) is 23.0 Å². The predicted octanol–water partition coefficient (Wildman–Crippen LogP) is 3.91. The lowest BCUT2D eigenvalue weighted by Crippen LogP contribution is -2.31. The second-order valence-corrected chi connectivity index (χ2v) is 6.64. The van der Waals surface area contributed by atoms with Crippen LogP contribution in [0.5, 0.6) is 11.5 Å². The van der Waals surface area contributed by atoms with E-state index in [0.717, 1.165) is 5.56 Å². The zero-order valence-electron chi connectivity index (χ0n) is 17.1. The van der Waals surface area contributed by atoms with Gasteiger partial charge in [0, 0.05) is 12.6 Å². The first-order chi connectivity index (χ1) is 14.1. The number of hydrogen-bond acceptors (Lipinski definition) is 6. The number of ether oxygens (including phenoxy) is 2. The molecule has 0 fully saturated rings. The Bertz CT molecular complexity index is 956. The summed E-state index contributed by atoms with van der Waals surface area (Å²) in [6.45, 7) is 2.24. The molecule has 0 aliphatic heterocycles. The molecule has 29 heavy (non-hydrogen) atoms. The smallest absolute Gasteiger partial charge is 0.247 e. The van der Waals surface area contributed by atoms with Crippen molar-refractivity contribution in [1.29, 1.82) is 0 Å². The fourth-order valence-electron chi connectivity index (χ4n) is 3.19. The lowest BCUT2D eigenvalue weighted by molar-refractivity contribution is -0.132. The Hall–Kier alpha value is -3.35. The van der Waals surface area contributed by atoms with Gasteiger partial charge >= 0.3 is 0 Å². The van der Waals surface area contributed by atoms with Crippen LogP contribution in [0.4, 0.5) is 0 Å². The van der Waals surface area contributed by atoms with Crippen LogP contribution >= 0.6 is 0 Å². The van der Waals surface area contributed by atoms with Crippen molar-refractivity contribution in [2.24, 2.45) is 0 Å². The molecule has 1 amide bonds. The van der Waals surface area contributed by atoms with Gasteiger partial charge in [0.1, 0.15) is 0 Å². The zero-order chi connectivity index (χ0) is 20.8. The molecule has 0 aliphatic rings. The molecule has 0 unspecified atom stereocenters. The quantitative estimate of drug-likeness (QED) is 0.576. The maximum absolute atomic E-state index is 12.9. The van der Waals surface area contributed by atoms with Gasteiger partial charge in [0.2, 0.25) is 17.7 Å². The zero-order valence-corrected chi connectivity index (χ0v) is 17.1. The van der Waals surface area contributed by atoms with Crippen molar-refractivity contribution in [2.45, 2.75) is 25.8 Å². The number of rotatable bonds is 8. The van der Waals surface area contributed by atoms with Gasteiger partial charge in [-0.15, -0.1) is 10.2 Å². The van der Waals surface area contributed by atoms with Crippen molar-refractivity contribution < 1.29 is 18.7 Å². The van der Waals surface area contributed by atoms with Gasteiger partial charge in [-0.2, -0.15) is 0 Å². The lowest BCUT2D eigenvalue weighted by atomic mass is 9.95. The summed E-state index contributed by atoms with van der Waals surface area (Å²) in [5, 5.41) is 8.19. The second-order valence-electron chi connectivity index (χ2n) is 6.64. The minimum Gasteiger partial charge on any atom is -0.493 e. The summed E-state index contributed by atoms with van der Waals surface area (Å²) in [6.07, 6.45) is 0.716. The topological polar surface area (TPSA) is 77.7 Å². The van der Waals surface area contributed by atoms with E-state index < -0.39 is 0 Å². The summed E-state index contributed by atoms with van der Waals surface area (Å²) in [7, 11) is 4.89. The first kappa shape index (κ1) is 20.4. The first-order valence-electron chi connectivity index (χ1n) is 9.42. The fraction of sp³-hybridized carbons (Fsp3) is 0.318. The summed E-state index contributed by atoms with van der Waals surface area (Å²) in [6, 6.07) is 15.1. The summed E-state index contributed by atoms with van der Waals surface area (Å²) < 4.78 is 16.3. The number of carbonyl (C=O) groups excluding carboxylic acids is 1. The van der Waals surface area contributed by atoms with Gasteiger partial charge in [0.05, 0.1) is 26.7 Å². The third-order valence-corrected chi connectivity index (χ3v) is 4.75. The standard InChI is InChI=1S/C22H25N3O4/c1-5-17(15-9-7-6-8-10-15)22(26)25(2)14-20-23-24-21(29-20)16-11-12-18(27-3)19(13-16)28-4/h6-13,17H,5,14H2,1-4H3/t17-/m0/s1. The van der Waals surface area contributed by atoms with Crippen LogP contribution in [0.3, 0.4) is 0 Å². The number of likely N-dealkylation sites (N-methyl/N-ethyl adjacent to an activating group) is 1. The molecule has 0 bridgehead atoms. The van der Waals surface area contributed by atoms with Crippen molar-refractivity contribution in [3.05, 3.63) is 60.0 Å². The highest BCUT2D eigenvalue weighted by atomic mass is 16.5. The van der Waals surface area contributed by atoms with Crippen molar-refractivity contribution in [1.82, 2.24) is 15.1 Å². The number of nitrogens with zero attached hydrogens (tertiary/aromatic N) is 3. The molecule has 3 aromatic rings. The molecule has 0 radical (unpaired) electrons. The van der Waals surface area contributed by atoms with E-state index >= 15 is 0 Å². The van der Waals surface area contributed by atoms with E-state index in [2.05, 4.69) is 10.2 Å². The van der Waals surface area contributed by atoms with E-state index in [1.807, 2.05) is 43.3 Å². The second kappa shape index (κ2) is 9.23. The van der Waals surface area contributed by atoms with Crippen LogP contribution in [0.2, 0.25) is 0 Å². The van der Waals surface area contributed by atoms with E-state index in [4.69, 9.17) is 13.9 Å². The monoisotopic (exact) mass is 395 g/mol. The average molecular weight is 395 g/mol. The van der Waals surface area contributed by atoms with Crippen LogP contribution in [-0.4, -0.2) is 42.3 Å². The molecule has 0 saturated heterocycles. The molecule has 3 rings (SSSR count). The predicted molar refractivity (Wildman–Crippen MR) is 109 cm³/mol. The van der Waals surface area contributed by atoms with Crippen molar-refractivity contribution in [2.75, 3.05) is 21.3 Å². The minimum atomic E-state index is -0.200. The number of carbonyl (C=O) groups is 1. The van der Waals surface area contributed by atoms with Crippen molar-refractivity contribution in [3.63, 3.8) is 0 Å². The minimum absolute atomic E-state index is 0.0181. The van der Waals surface area contributed by atoms with E-state index in [0.29, 0.717) is 35.3 Å². The number of amides is 1. The van der Waals surface area contributed by atoms with Crippen LogP contribution in [0, 0.1) is 0 Å². The first-order valence-corrected chi connectivity index (χ1v) is 9.42. The molecule has 1 atom stereocenters. The molecule has 7 heteroatoms. The molecule has 1 heterocycles. The van der Waals surface area contributed by atoms with Crippen LogP contribution < -0.4 is 9.47 Å². The van der Waals surface area contributed by atoms with Gasteiger partial charge in [-0.25, -0.2) is 0 Å². The van der Waals surface area contributed by atoms with E-state index in [9.17, 15) is 4.79 Å². The number of methoxy groups -OCH3 is 2. The highest BCUT2D eigenvalue weighted by Crippen LogP contribution is 2.32. The fourth-order valence-corrected chi connectivity index (χ4v) is 3.19. The molecule has 0 saturated carbocycles. The summed E-state index contributed by atoms with van der Waals surface area (Å²) in [5.41, 5.74) is 1.72. The number of benzene rings is 2. The molecular weight excluding hydrogens is 370 g/mol. The van der Waals surface area contributed by atoms with Crippen LogP contribution in [0.15, 0.2) is 52.9 Å². The van der Waals surface area contributed by atoms with Gasteiger partial charge in [0.15, 0.2) is 11.5 Å². The highest BCUT2D eigenvalue weighted by molar-refractivity contribution is 5.83. The molecule has 2 aromatic carbocycles. The molecule has 7 nitrogen and oxygen atoms in total. The lowest BCUT2D eigenvalue weighted by Gasteiger charge is -2.22. The van der Waals surface area contributed by atoms with E-state index in [1.54, 1.807) is 38.3 Å². The maximum Gasteiger partial charge on any atom is 0.247 e. The summed E-state index contributed by atoms with van der Waals surface area (Å²) >= 11 is 0. The summed E-state index contributed by atoms with van der Waals surface area (Å²) in [5.74, 6) is 1.74. The van der Waals surface area contributed by atoms with E-state index in [1.165, 1.54) is 0 Å². The summed E-state index contributed by atoms with van der Waals surface area (Å²) in [4.78, 5) is 14.5. The number of aromatic nitrogens is 2. The van der Waals surface area contributed by atoms with E-state index in [-0.39, 0.29) is 18.4 Å². The Balaban J connectivity index is 1.73. The van der Waals surface area contributed by atoms with Gasteiger partial charge < -0.3 is 18.8 Å². The molecule has 0 spiro atoms. The van der Waals surface area contributed by atoms with Crippen LogP contribution in [0.1, 0.15) is 30.7 Å². The molecule has 0 aliphatic carbocycles. The average Bonchev–Trinajstić information content (AvgIpc) is 3.22. The van der Waals surface area contributed by atoms with Gasteiger partial charge in [-0.1, -0.05) is 37.3 Å². The van der Waals surface area contributed by atoms with Gasteiger partial charge in [0.25, 0.3) is 0 Å². The van der Waals surface area contributed by atoms with Gasteiger partial charge in [-0.3, -0.25) is 4.79 Å². The van der Waals surface area contributed by atoms with Crippen LogP contribution in [-0.2, 0) is 11.3 Å². The maximum atomic E-state index is 12.9. The van der Waals surface area contributed by atoms with Crippen molar-refractivity contribution >= 4 is 5.91 Å². The molecule has 1 aromatic heterocycles. The Morgan fingerprint density at radius 3 is 2.45 bits per heavy atom.